The number of hydrogen-bond acceptors (Lipinski definition) is 5. The van der Waals surface area contributed by atoms with Gasteiger partial charge in [-0.3, -0.25) is 4.79 Å². The zero-order valence-corrected chi connectivity index (χ0v) is 11.5. The minimum atomic E-state index is -0.204. The van der Waals surface area contributed by atoms with E-state index < -0.39 is 0 Å². The number of amides is 1. The zero-order valence-electron chi connectivity index (χ0n) is 11.5. The third kappa shape index (κ3) is 3.57. The highest BCUT2D eigenvalue weighted by Crippen LogP contribution is 2.24. The van der Waals surface area contributed by atoms with Gasteiger partial charge >= 0.3 is 0 Å². The van der Waals surface area contributed by atoms with Crippen molar-refractivity contribution in [2.24, 2.45) is 0 Å². The molecule has 0 atom stereocenters. The molecule has 1 aromatic heterocycles. The second kappa shape index (κ2) is 6.18. The quantitative estimate of drug-likeness (QED) is 0.817. The molecule has 6 heteroatoms. The molecule has 0 unspecified atom stereocenters. The molecule has 0 bridgehead atoms. The van der Waals surface area contributed by atoms with Crippen molar-refractivity contribution in [3.8, 4) is 5.75 Å². The van der Waals surface area contributed by atoms with E-state index in [4.69, 9.17) is 4.52 Å². The molecule has 0 fully saturated rings. The maximum absolute atomic E-state index is 11.8. The van der Waals surface area contributed by atoms with Crippen LogP contribution in [0.2, 0.25) is 0 Å². The van der Waals surface area contributed by atoms with Crippen LogP contribution in [0.5, 0.6) is 5.75 Å². The van der Waals surface area contributed by atoms with Crippen LogP contribution in [-0.2, 0) is 17.6 Å². The van der Waals surface area contributed by atoms with Crippen LogP contribution in [-0.4, -0.2) is 21.2 Å². The fourth-order valence-electron chi connectivity index (χ4n) is 1.78. The minimum absolute atomic E-state index is 0.0594. The van der Waals surface area contributed by atoms with E-state index in [9.17, 15) is 9.90 Å². The predicted octanol–water partition coefficient (Wildman–Crippen LogP) is 2.22. The zero-order chi connectivity index (χ0) is 14.5. The van der Waals surface area contributed by atoms with Crippen molar-refractivity contribution >= 4 is 11.6 Å². The molecule has 1 amide bonds. The molecule has 20 heavy (non-hydrogen) atoms. The van der Waals surface area contributed by atoms with E-state index in [1.54, 1.807) is 19.1 Å². The van der Waals surface area contributed by atoms with Gasteiger partial charge in [-0.25, -0.2) is 0 Å². The monoisotopic (exact) mass is 275 g/mol. The Bertz CT molecular complexity index is 607. The highest BCUT2D eigenvalue weighted by Gasteiger charge is 2.10. The van der Waals surface area contributed by atoms with Crippen molar-refractivity contribution < 1.29 is 14.4 Å². The number of benzene rings is 1. The summed E-state index contributed by atoms with van der Waals surface area (Å²) in [7, 11) is 0. The third-order valence-electron chi connectivity index (χ3n) is 2.88. The van der Waals surface area contributed by atoms with Crippen molar-refractivity contribution in [2.45, 2.75) is 33.1 Å². The molecule has 2 aromatic rings. The number of phenolic OH excluding ortho intramolecular Hbond substituents is 1. The maximum Gasteiger partial charge on any atom is 0.227 e. The van der Waals surface area contributed by atoms with Gasteiger partial charge in [-0.2, -0.15) is 4.98 Å². The number of aromatic hydroxyl groups is 1. The highest BCUT2D eigenvalue weighted by atomic mass is 16.5. The first-order chi connectivity index (χ1) is 9.58. The van der Waals surface area contributed by atoms with Crippen LogP contribution in [0, 0.1) is 6.92 Å². The Morgan fingerprint density at radius 2 is 2.25 bits per heavy atom. The molecule has 2 N–H and O–H groups in total. The average molecular weight is 275 g/mol. The number of nitrogens with one attached hydrogen (secondary N) is 1. The van der Waals surface area contributed by atoms with Gasteiger partial charge in [-0.15, -0.1) is 0 Å². The molecule has 1 aromatic carbocycles. The van der Waals surface area contributed by atoms with E-state index in [2.05, 4.69) is 15.5 Å². The van der Waals surface area contributed by atoms with Gasteiger partial charge in [-0.05, 0) is 31.0 Å². The number of carbonyl (C=O) groups is 1. The Kier molecular flexibility index (Phi) is 4.34. The molecule has 2 rings (SSSR count). The fourth-order valence-corrected chi connectivity index (χ4v) is 1.78. The number of phenols is 1. The summed E-state index contributed by atoms with van der Waals surface area (Å²) in [5.41, 5.74) is 1.47. The molecule has 0 saturated carbocycles. The van der Waals surface area contributed by atoms with Crippen LogP contribution in [0.3, 0.4) is 0 Å². The molecule has 106 valence electrons. The first kappa shape index (κ1) is 14.0. The molecule has 0 aliphatic carbocycles. The minimum Gasteiger partial charge on any atom is -0.506 e. The van der Waals surface area contributed by atoms with Crippen LogP contribution in [0.15, 0.2) is 22.7 Å². The number of aromatic nitrogens is 2. The van der Waals surface area contributed by atoms with Crippen molar-refractivity contribution in [3.63, 3.8) is 0 Å². The van der Waals surface area contributed by atoms with Crippen LogP contribution in [0.4, 0.5) is 5.69 Å². The Labute approximate surface area is 116 Å². The van der Waals surface area contributed by atoms with E-state index in [0.717, 1.165) is 12.0 Å². The summed E-state index contributed by atoms with van der Waals surface area (Å²) in [6, 6.07) is 5.17. The lowest BCUT2D eigenvalue weighted by Crippen LogP contribution is -2.12. The standard InChI is InChI=1S/C14H17N3O3/c1-3-10-4-5-12(18)11(8-10)16-13(19)6-7-14-15-9(2)17-20-14/h4-5,8,18H,3,6-7H2,1-2H3,(H,16,19). The number of hydrogen-bond donors (Lipinski definition) is 2. The van der Waals surface area contributed by atoms with Gasteiger partial charge in [0.05, 0.1) is 5.69 Å². The number of nitrogens with zero attached hydrogens (tertiary/aromatic N) is 2. The summed E-state index contributed by atoms with van der Waals surface area (Å²) in [6.45, 7) is 3.73. The first-order valence-corrected chi connectivity index (χ1v) is 6.49. The molecule has 6 nitrogen and oxygen atoms in total. The number of rotatable bonds is 5. The second-order valence-electron chi connectivity index (χ2n) is 4.49. The molecule has 0 spiro atoms. The van der Waals surface area contributed by atoms with Crippen LogP contribution >= 0.6 is 0 Å². The summed E-state index contributed by atoms with van der Waals surface area (Å²) in [5.74, 6) is 0.839. The summed E-state index contributed by atoms with van der Waals surface area (Å²) in [4.78, 5) is 15.9. The van der Waals surface area contributed by atoms with Gasteiger partial charge in [0.1, 0.15) is 5.75 Å². The molecular formula is C14H17N3O3. The smallest absolute Gasteiger partial charge is 0.227 e. The first-order valence-electron chi connectivity index (χ1n) is 6.49. The summed E-state index contributed by atoms with van der Waals surface area (Å²) >= 11 is 0. The van der Waals surface area contributed by atoms with Crippen molar-refractivity contribution in [1.82, 2.24) is 10.1 Å². The van der Waals surface area contributed by atoms with E-state index >= 15 is 0 Å². The van der Waals surface area contributed by atoms with Crippen molar-refractivity contribution in [1.29, 1.82) is 0 Å². The van der Waals surface area contributed by atoms with E-state index in [0.29, 0.717) is 23.8 Å². The number of anilines is 1. The second-order valence-corrected chi connectivity index (χ2v) is 4.49. The summed E-state index contributed by atoms with van der Waals surface area (Å²) in [6.07, 6.45) is 1.43. The van der Waals surface area contributed by atoms with Gasteiger partial charge in [0, 0.05) is 12.8 Å². The van der Waals surface area contributed by atoms with Gasteiger partial charge in [0.25, 0.3) is 0 Å². The highest BCUT2D eigenvalue weighted by molar-refractivity contribution is 5.92. The molecule has 1 heterocycles. The Balaban J connectivity index is 1.94. The number of carbonyl (C=O) groups excluding carboxylic acids is 1. The molecule has 0 saturated heterocycles. The molecule has 0 aliphatic heterocycles. The van der Waals surface area contributed by atoms with E-state index in [1.165, 1.54) is 0 Å². The average Bonchev–Trinajstić information content (AvgIpc) is 2.85. The number of aryl methyl sites for hydroxylation is 3. The lowest BCUT2D eigenvalue weighted by Gasteiger charge is -2.08. The maximum atomic E-state index is 11.8. The van der Waals surface area contributed by atoms with E-state index in [-0.39, 0.29) is 18.1 Å². The van der Waals surface area contributed by atoms with Gasteiger partial charge in [0.15, 0.2) is 5.82 Å². The largest absolute Gasteiger partial charge is 0.506 e. The van der Waals surface area contributed by atoms with Gasteiger partial charge in [-0.1, -0.05) is 18.1 Å². The summed E-state index contributed by atoms with van der Waals surface area (Å²) < 4.78 is 4.93. The Morgan fingerprint density at radius 3 is 2.90 bits per heavy atom. The SMILES string of the molecule is CCc1ccc(O)c(NC(=O)CCc2nc(C)no2)c1. The fraction of sp³-hybridized carbons (Fsp3) is 0.357. The molecule has 0 aliphatic rings. The van der Waals surface area contributed by atoms with Crippen LogP contribution < -0.4 is 5.32 Å². The lowest BCUT2D eigenvalue weighted by molar-refractivity contribution is -0.116. The van der Waals surface area contributed by atoms with Crippen molar-refractivity contribution in [3.05, 3.63) is 35.5 Å². The lowest BCUT2D eigenvalue weighted by atomic mass is 10.1. The van der Waals surface area contributed by atoms with Crippen molar-refractivity contribution in [2.75, 3.05) is 5.32 Å². The normalized spacial score (nSPS) is 10.5. The summed E-state index contributed by atoms with van der Waals surface area (Å²) in [5, 5.41) is 16.1. The van der Waals surface area contributed by atoms with Gasteiger partial charge in [0.2, 0.25) is 11.8 Å². The van der Waals surface area contributed by atoms with E-state index in [1.807, 2.05) is 13.0 Å². The van der Waals surface area contributed by atoms with Crippen LogP contribution in [0.25, 0.3) is 0 Å². The predicted molar refractivity (Wildman–Crippen MR) is 73.5 cm³/mol. The Hall–Kier alpha value is -2.37. The third-order valence-corrected chi connectivity index (χ3v) is 2.88. The van der Waals surface area contributed by atoms with Gasteiger partial charge < -0.3 is 14.9 Å². The topological polar surface area (TPSA) is 88.2 Å². The Morgan fingerprint density at radius 1 is 1.45 bits per heavy atom. The molecular weight excluding hydrogens is 258 g/mol. The molecule has 0 radical (unpaired) electrons. The van der Waals surface area contributed by atoms with Crippen LogP contribution in [0.1, 0.15) is 30.6 Å².